The van der Waals surface area contributed by atoms with E-state index in [0.717, 1.165) is 0 Å². The molecular weight excluding hydrogens is 208 g/mol. The van der Waals surface area contributed by atoms with Crippen LogP contribution in [0.3, 0.4) is 0 Å². The Morgan fingerprint density at radius 3 is 2.92 bits per heavy atom. The van der Waals surface area contributed by atoms with E-state index in [4.69, 9.17) is 29.1 Å². The zero-order valence-electron chi connectivity index (χ0n) is 6.41. The van der Waals surface area contributed by atoms with Gasteiger partial charge in [0.2, 0.25) is 0 Å². The lowest BCUT2D eigenvalue weighted by molar-refractivity contribution is 1.27. The number of thiocarbonyl (C=S) groups is 1. The summed E-state index contributed by atoms with van der Waals surface area (Å²) in [4.78, 5) is 3.82. The number of hydrogen-bond donors (Lipinski definition) is 2. The molecule has 0 spiro atoms. The fourth-order valence-electron chi connectivity index (χ4n) is 0.663. The maximum Gasteiger partial charge on any atom is 0.184 e. The Morgan fingerprint density at radius 1 is 1.62 bits per heavy atom. The van der Waals surface area contributed by atoms with E-state index in [0.29, 0.717) is 10.8 Å². The van der Waals surface area contributed by atoms with Gasteiger partial charge in [0.05, 0.1) is 11.9 Å². The zero-order chi connectivity index (χ0) is 9.68. The molecule has 0 aliphatic rings. The molecule has 0 aliphatic heterocycles. The molecule has 2 N–H and O–H groups in total. The van der Waals surface area contributed by atoms with Crippen LogP contribution in [-0.2, 0) is 0 Å². The zero-order valence-corrected chi connectivity index (χ0v) is 7.99. The third-order valence-corrected chi connectivity index (χ3v) is 1.58. The first kappa shape index (κ1) is 9.71. The van der Waals surface area contributed by atoms with Gasteiger partial charge in [0.25, 0.3) is 0 Å². The summed E-state index contributed by atoms with van der Waals surface area (Å²) in [6.45, 7) is 0. The van der Waals surface area contributed by atoms with E-state index in [1.54, 1.807) is 18.3 Å². The molecule has 0 atom stereocenters. The molecule has 13 heavy (non-hydrogen) atoms. The average Bonchev–Trinajstić information content (AvgIpc) is 2.09. The summed E-state index contributed by atoms with van der Waals surface area (Å²) < 4.78 is 0. The molecule has 0 fully saturated rings. The van der Waals surface area contributed by atoms with E-state index in [9.17, 15) is 0 Å². The van der Waals surface area contributed by atoms with Crippen LogP contribution in [0.15, 0.2) is 18.3 Å². The lowest BCUT2D eigenvalue weighted by Crippen LogP contribution is -2.23. The first-order valence-corrected chi connectivity index (χ1v) is 4.08. The Bertz CT molecular complexity index is 343. The molecule has 1 aromatic heterocycles. The monoisotopic (exact) mass is 212 g/mol. The van der Waals surface area contributed by atoms with Crippen LogP contribution in [-0.4, -0.2) is 10.1 Å². The van der Waals surface area contributed by atoms with Crippen molar-refractivity contribution in [2.75, 3.05) is 5.32 Å². The molecule has 0 amide bonds. The minimum absolute atomic E-state index is 0.228. The van der Waals surface area contributed by atoms with E-state index in [1.807, 2.05) is 0 Å². The van der Waals surface area contributed by atoms with Gasteiger partial charge in [-0.2, -0.15) is 5.26 Å². The number of nitriles is 1. The van der Waals surface area contributed by atoms with E-state index in [1.165, 1.54) is 6.20 Å². The number of anilines is 1. The molecule has 0 radical (unpaired) electrons. The second-order valence-electron chi connectivity index (χ2n) is 2.06. The molecule has 0 saturated heterocycles. The largest absolute Gasteiger partial charge is 0.331 e. The maximum atomic E-state index is 8.23. The Morgan fingerprint density at radius 2 is 2.38 bits per heavy atom. The van der Waals surface area contributed by atoms with Crippen LogP contribution in [0, 0.1) is 11.5 Å². The molecule has 0 aliphatic carbocycles. The fourth-order valence-corrected chi connectivity index (χ4v) is 0.938. The predicted octanol–water partition coefficient (Wildman–Crippen LogP) is 1.50. The Balaban J connectivity index is 2.60. The number of aromatic nitrogens is 1. The summed E-state index contributed by atoms with van der Waals surface area (Å²) in [5.41, 5.74) is 0.678. The minimum atomic E-state index is 0.228. The highest BCUT2D eigenvalue weighted by atomic mass is 35.5. The average molecular weight is 213 g/mol. The van der Waals surface area contributed by atoms with Crippen molar-refractivity contribution in [3.63, 3.8) is 0 Å². The van der Waals surface area contributed by atoms with Gasteiger partial charge in [-0.15, -0.1) is 0 Å². The molecule has 4 nitrogen and oxygen atoms in total. The van der Waals surface area contributed by atoms with Gasteiger partial charge in [-0.05, 0) is 24.4 Å². The van der Waals surface area contributed by atoms with Crippen LogP contribution in [0.25, 0.3) is 0 Å². The maximum absolute atomic E-state index is 8.23. The number of pyridine rings is 1. The number of hydrogen-bond acceptors (Lipinski definition) is 3. The Kier molecular flexibility index (Phi) is 3.43. The fraction of sp³-hybridized carbons (Fsp3) is 0. The van der Waals surface area contributed by atoms with Gasteiger partial charge in [-0.3, -0.25) is 5.32 Å². The van der Waals surface area contributed by atoms with Gasteiger partial charge in [0.15, 0.2) is 11.3 Å². The van der Waals surface area contributed by atoms with Crippen LogP contribution < -0.4 is 10.6 Å². The molecule has 0 bridgehead atoms. The quantitative estimate of drug-likeness (QED) is 0.320. The second kappa shape index (κ2) is 4.60. The van der Waals surface area contributed by atoms with Crippen LogP contribution in [0.5, 0.6) is 0 Å². The van der Waals surface area contributed by atoms with Gasteiger partial charge in [-0.25, -0.2) is 4.98 Å². The predicted molar refractivity (Wildman–Crippen MR) is 54.2 cm³/mol. The van der Waals surface area contributed by atoms with Crippen molar-refractivity contribution in [3.05, 3.63) is 23.5 Å². The number of nitrogens with zero attached hydrogens (tertiary/aromatic N) is 2. The third kappa shape index (κ3) is 3.23. The summed E-state index contributed by atoms with van der Waals surface area (Å²) in [6, 6.07) is 3.33. The molecule has 0 unspecified atom stereocenters. The summed E-state index contributed by atoms with van der Waals surface area (Å²) in [5.74, 6) is 0. The van der Waals surface area contributed by atoms with Crippen molar-refractivity contribution in [1.82, 2.24) is 10.3 Å². The lowest BCUT2D eigenvalue weighted by atomic mass is 10.4. The normalized spacial score (nSPS) is 8.62. The van der Waals surface area contributed by atoms with Crippen LogP contribution in [0.2, 0.25) is 5.15 Å². The molecule has 1 heterocycles. The Labute approximate surface area is 85.5 Å². The first-order chi connectivity index (χ1) is 6.22. The van der Waals surface area contributed by atoms with Crippen molar-refractivity contribution in [2.24, 2.45) is 0 Å². The number of halogens is 1. The highest BCUT2D eigenvalue weighted by molar-refractivity contribution is 7.80. The van der Waals surface area contributed by atoms with Gasteiger partial charge >= 0.3 is 0 Å². The van der Waals surface area contributed by atoms with Crippen molar-refractivity contribution >= 4 is 34.6 Å². The van der Waals surface area contributed by atoms with Crippen molar-refractivity contribution in [2.45, 2.75) is 0 Å². The highest BCUT2D eigenvalue weighted by Crippen LogP contribution is 2.08. The molecule has 6 heteroatoms. The Hall–Kier alpha value is -1.38. The summed E-state index contributed by atoms with van der Waals surface area (Å²) >= 11 is 10.3. The summed E-state index contributed by atoms with van der Waals surface area (Å²) in [5, 5.41) is 13.9. The molecule has 0 aromatic carbocycles. The molecule has 1 aromatic rings. The molecular formula is C7H5ClN4S. The first-order valence-electron chi connectivity index (χ1n) is 3.30. The van der Waals surface area contributed by atoms with Crippen LogP contribution in [0.1, 0.15) is 0 Å². The molecule has 66 valence electrons. The standard InChI is InChI=1S/C7H5ClN4S/c8-6-2-1-5(3-10-6)12-7(13)11-4-9/h1-3H,(H2,11,12,13). The smallest absolute Gasteiger partial charge is 0.184 e. The van der Waals surface area contributed by atoms with Gasteiger partial charge < -0.3 is 5.32 Å². The lowest BCUT2D eigenvalue weighted by Gasteiger charge is -2.03. The van der Waals surface area contributed by atoms with Crippen molar-refractivity contribution < 1.29 is 0 Å². The minimum Gasteiger partial charge on any atom is -0.331 e. The van der Waals surface area contributed by atoms with Crippen LogP contribution in [0.4, 0.5) is 5.69 Å². The number of nitrogens with one attached hydrogen (secondary N) is 2. The van der Waals surface area contributed by atoms with E-state index < -0.39 is 0 Å². The third-order valence-electron chi connectivity index (χ3n) is 1.15. The van der Waals surface area contributed by atoms with Gasteiger partial charge in [0, 0.05) is 0 Å². The van der Waals surface area contributed by atoms with Crippen molar-refractivity contribution in [3.8, 4) is 6.19 Å². The number of rotatable bonds is 1. The second-order valence-corrected chi connectivity index (χ2v) is 2.86. The summed E-state index contributed by atoms with van der Waals surface area (Å²) in [7, 11) is 0. The van der Waals surface area contributed by atoms with Gasteiger partial charge in [0.1, 0.15) is 5.15 Å². The van der Waals surface area contributed by atoms with Gasteiger partial charge in [-0.1, -0.05) is 11.6 Å². The van der Waals surface area contributed by atoms with E-state index >= 15 is 0 Å². The topological polar surface area (TPSA) is 60.7 Å². The van der Waals surface area contributed by atoms with Crippen molar-refractivity contribution in [1.29, 1.82) is 5.26 Å². The van der Waals surface area contributed by atoms with Crippen LogP contribution >= 0.6 is 23.8 Å². The van der Waals surface area contributed by atoms with E-state index in [2.05, 4.69) is 15.6 Å². The molecule has 1 rings (SSSR count). The van der Waals surface area contributed by atoms with E-state index in [-0.39, 0.29) is 5.11 Å². The summed E-state index contributed by atoms with van der Waals surface area (Å²) in [6.07, 6.45) is 3.22. The highest BCUT2D eigenvalue weighted by Gasteiger charge is 1.95. The molecule has 0 saturated carbocycles. The SMILES string of the molecule is N#CNC(=S)Nc1ccc(Cl)nc1.